The molecule has 0 saturated heterocycles. The Morgan fingerprint density at radius 1 is 1.40 bits per heavy atom. The van der Waals surface area contributed by atoms with Crippen LogP contribution in [-0.4, -0.2) is 21.9 Å². The molecular weight excluding hydrogens is 268 g/mol. The van der Waals surface area contributed by atoms with Crippen molar-refractivity contribution < 1.29 is 0 Å². The van der Waals surface area contributed by atoms with E-state index < -0.39 is 0 Å². The lowest BCUT2D eigenvalue weighted by molar-refractivity contribution is 0.613. The molecule has 1 heterocycles. The minimum atomic E-state index is 0.266. The maximum Gasteiger partial charge on any atom is 0.202 e. The zero-order valence-corrected chi connectivity index (χ0v) is 12.9. The van der Waals surface area contributed by atoms with Crippen molar-refractivity contribution in [2.75, 3.05) is 11.9 Å². The summed E-state index contributed by atoms with van der Waals surface area (Å²) in [7, 11) is 0. The van der Waals surface area contributed by atoms with Crippen molar-refractivity contribution in [2.24, 2.45) is 5.73 Å². The fourth-order valence-electron chi connectivity index (χ4n) is 1.97. The van der Waals surface area contributed by atoms with Crippen molar-refractivity contribution >= 4 is 16.7 Å². The van der Waals surface area contributed by atoms with Crippen LogP contribution in [0.2, 0.25) is 0 Å². The molecular formula is C15H22N4S. The van der Waals surface area contributed by atoms with Gasteiger partial charge in [0.1, 0.15) is 5.82 Å². The molecule has 0 bridgehead atoms. The first kappa shape index (κ1) is 14.9. The van der Waals surface area contributed by atoms with Crippen LogP contribution in [0.1, 0.15) is 36.7 Å². The van der Waals surface area contributed by atoms with Gasteiger partial charge in [0.05, 0.1) is 0 Å². The highest BCUT2D eigenvalue weighted by Gasteiger charge is 2.05. The van der Waals surface area contributed by atoms with Crippen LogP contribution >= 0.6 is 11.5 Å². The third-order valence-corrected chi connectivity index (χ3v) is 3.94. The Labute approximate surface area is 124 Å². The number of rotatable bonds is 7. The average Bonchev–Trinajstić information content (AvgIpc) is 2.86. The van der Waals surface area contributed by atoms with E-state index in [0.29, 0.717) is 0 Å². The van der Waals surface area contributed by atoms with Crippen LogP contribution < -0.4 is 11.1 Å². The molecule has 0 fully saturated rings. The van der Waals surface area contributed by atoms with Gasteiger partial charge in [-0.2, -0.15) is 4.37 Å². The Kier molecular flexibility index (Phi) is 5.49. The van der Waals surface area contributed by atoms with Gasteiger partial charge in [0.25, 0.3) is 0 Å². The number of aryl methyl sites for hydroxylation is 1. The van der Waals surface area contributed by atoms with Crippen molar-refractivity contribution in [1.29, 1.82) is 0 Å². The van der Waals surface area contributed by atoms with E-state index in [1.807, 2.05) is 0 Å². The molecule has 5 heteroatoms. The normalized spacial score (nSPS) is 12.3. The van der Waals surface area contributed by atoms with Crippen LogP contribution in [0.3, 0.4) is 0 Å². The second kappa shape index (κ2) is 7.36. The number of hydrogen-bond acceptors (Lipinski definition) is 5. The lowest BCUT2D eigenvalue weighted by Crippen LogP contribution is -2.22. The fourth-order valence-corrected chi connectivity index (χ4v) is 2.58. The quantitative estimate of drug-likeness (QED) is 0.823. The number of hydrogen-bond donors (Lipinski definition) is 2. The maximum atomic E-state index is 5.89. The van der Waals surface area contributed by atoms with Crippen molar-refractivity contribution in [3.05, 3.63) is 41.2 Å². The summed E-state index contributed by atoms with van der Waals surface area (Å²) >= 11 is 1.42. The zero-order valence-electron chi connectivity index (χ0n) is 12.1. The van der Waals surface area contributed by atoms with Gasteiger partial charge in [-0.15, -0.1) is 0 Å². The van der Waals surface area contributed by atoms with Gasteiger partial charge in [-0.05, 0) is 25.3 Å². The first-order valence-electron chi connectivity index (χ1n) is 7.05. The minimum Gasteiger partial charge on any atom is -0.360 e. The van der Waals surface area contributed by atoms with Crippen LogP contribution in [0.15, 0.2) is 24.3 Å². The fraction of sp³-hybridized carbons (Fsp3) is 0.467. The van der Waals surface area contributed by atoms with E-state index in [4.69, 9.17) is 5.73 Å². The molecule has 0 amide bonds. The Morgan fingerprint density at radius 2 is 2.25 bits per heavy atom. The van der Waals surface area contributed by atoms with Crippen LogP contribution in [-0.2, 0) is 6.42 Å². The summed E-state index contributed by atoms with van der Waals surface area (Å²) in [5.74, 6) is 0.878. The molecule has 1 unspecified atom stereocenters. The third-order valence-electron chi connectivity index (χ3n) is 3.23. The standard InChI is InChI=1S/C15H22N4S/c1-3-13(16)7-8-17-15-18-14(19-20-15)10-12-6-4-5-11(2)9-12/h4-6,9,13H,3,7-8,10,16H2,1-2H3,(H,17,18,19). The Bertz CT molecular complexity index is 538. The molecule has 0 spiro atoms. The molecule has 1 atom stereocenters. The van der Waals surface area contributed by atoms with E-state index in [0.717, 1.165) is 36.8 Å². The van der Waals surface area contributed by atoms with E-state index in [-0.39, 0.29) is 6.04 Å². The smallest absolute Gasteiger partial charge is 0.202 e. The molecule has 0 aliphatic carbocycles. The largest absolute Gasteiger partial charge is 0.360 e. The minimum absolute atomic E-state index is 0.266. The highest BCUT2D eigenvalue weighted by Crippen LogP contribution is 2.15. The van der Waals surface area contributed by atoms with Crippen molar-refractivity contribution in [1.82, 2.24) is 9.36 Å². The molecule has 3 N–H and O–H groups in total. The summed E-state index contributed by atoms with van der Waals surface area (Å²) < 4.78 is 4.40. The zero-order chi connectivity index (χ0) is 14.4. The predicted molar refractivity (Wildman–Crippen MR) is 85.3 cm³/mol. The number of anilines is 1. The van der Waals surface area contributed by atoms with Gasteiger partial charge < -0.3 is 11.1 Å². The summed E-state index contributed by atoms with van der Waals surface area (Å²) in [5, 5.41) is 4.18. The molecule has 20 heavy (non-hydrogen) atoms. The second-order valence-electron chi connectivity index (χ2n) is 5.07. The average molecular weight is 290 g/mol. The Morgan fingerprint density at radius 3 is 3.00 bits per heavy atom. The number of nitrogens with two attached hydrogens (primary N) is 1. The monoisotopic (exact) mass is 290 g/mol. The summed E-state index contributed by atoms with van der Waals surface area (Å²) in [6.07, 6.45) is 2.76. The molecule has 1 aromatic carbocycles. The van der Waals surface area contributed by atoms with Crippen molar-refractivity contribution in [3.8, 4) is 0 Å². The van der Waals surface area contributed by atoms with Gasteiger partial charge in [-0.3, -0.25) is 0 Å². The molecule has 0 saturated carbocycles. The molecule has 0 aliphatic heterocycles. The molecule has 0 aliphatic rings. The first-order valence-corrected chi connectivity index (χ1v) is 7.82. The first-order chi connectivity index (χ1) is 9.67. The van der Waals surface area contributed by atoms with Gasteiger partial charge in [0.2, 0.25) is 5.13 Å². The molecule has 2 rings (SSSR count). The van der Waals surface area contributed by atoms with Crippen LogP contribution in [0, 0.1) is 6.92 Å². The van der Waals surface area contributed by atoms with Gasteiger partial charge in [0.15, 0.2) is 0 Å². The third kappa shape index (κ3) is 4.58. The van der Waals surface area contributed by atoms with E-state index in [2.05, 4.69) is 52.8 Å². The number of benzene rings is 1. The highest BCUT2D eigenvalue weighted by molar-refractivity contribution is 7.09. The lowest BCUT2D eigenvalue weighted by Gasteiger charge is -2.07. The number of aromatic nitrogens is 2. The summed E-state index contributed by atoms with van der Waals surface area (Å²) in [6, 6.07) is 8.72. The van der Waals surface area contributed by atoms with Crippen molar-refractivity contribution in [2.45, 2.75) is 39.2 Å². The number of nitrogens with one attached hydrogen (secondary N) is 1. The van der Waals surface area contributed by atoms with Gasteiger partial charge in [0, 0.05) is 30.5 Å². The van der Waals surface area contributed by atoms with Gasteiger partial charge in [-0.1, -0.05) is 36.8 Å². The van der Waals surface area contributed by atoms with E-state index in [1.165, 1.54) is 22.7 Å². The van der Waals surface area contributed by atoms with E-state index in [9.17, 15) is 0 Å². The van der Waals surface area contributed by atoms with E-state index >= 15 is 0 Å². The summed E-state index contributed by atoms with van der Waals surface area (Å²) in [6.45, 7) is 5.06. The molecule has 1 aromatic heterocycles. The second-order valence-corrected chi connectivity index (χ2v) is 5.82. The van der Waals surface area contributed by atoms with Gasteiger partial charge >= 0.3 is 0 Å². The summed E-state index contributed by atoms with van der Waals surface area (Å²) in [4.78, 5) is 4.51. The maximum absolute atomic E-state index is 5.89. The SMILES string of the molecule is CCC(N)CCNc1nc(Cc2cccc(C)c2)ns1. The van der Waals surface area contributed by atoms with Gasteiger partial charge in [-0.25, -0.2) is 4.98 Å². The predicted octanol–water partition coefficient (Wildman–Crippen LogP) is 2.98. The molecule has 108 valence electrons. The topological polar surface area (TPSA) is 63.8 Å². The Balaban J connectivity index is 1.86. The molecule has 4 nitrogen and oxygen atoms in total. The number of nitrogens with zero attached hydrogens (tertiary/aromatic N) is 2. The highest BCUT2D eigenvalue weighted by atomic mass is 32.1. The Hall–Kier alpha value is -1.46. The van der Waals surface area contributed by atoms with Crippen molar-refractivity contribution in [3.63, 3.8) is 0 Å². The van der Waals surface area contributed by atoms with Crippen LogP contribution in [0.4, 0.5) is 5.13 Å². The molecule has 2 aromatic rings. The lowest BCUT2D eigenvalue weighted by atomic mass is 10.1. The molecule has 0 radical (unpaired) electrons. The summed E-state index contributed by atoms with van der Waals surface area (Å²) in [5.41, 5.74) is 8.41. The van der Waals surface area contributed by atoms with Crippen LogP contribution in [0.25, 0.3) is 0 Å². The van der Waals surface area contributed by atoms with E-state index in [1.54, 1.807) is 0 Å². The van der Waals surface area contributed by atoms with Crippen LogP contribution in [0.5, 0.6) is 0 Å².